The van der Waals surface area contributed by atoms with Crippen LogP contribution in [-0.4, -0.2) is 46.2 Å². The minimum absolute atomic E-state index is 0.0246. The standard InChI is InChI=1S/C17H24N4O2.C2H4O2/c1-2-4-15(22)21-10-3-5-14(21)17(23)20-11-12-6-8-13(9-7-12)16(18)19;1-2(3)4/h6-9,14H,2-5,10-11H2,1H3,(H3,18,19)(H,20,23);1H3,(H,3,4)/t14-;/m0./s1. The van der Waals surface area contributed by atoms with Crippen molar-refractivity contribution in [1.29, 1.82) is 5.41 Å². The number of aliphatic carboxylic acids is 1. The zero-order valence-electron chi connectivity index (χ0n) is 15.8. The molecule has 0 radical (unpaired) electrons. The molecule has 5 N–H and O–H groups in total. The van der Waals surface area contributed by atoms with Crippen LogP contribution in [0.15, 0.2) is 24.3 Å². The molecule has 1 aliphatic rings. The van der Waals surface area contributed by atoms with Gasteiger partial charge >= 0.3 is 0 Å². The number of nitrogens with two attached hydrogens (primary N) is 1. The minimum atomic E-state index is -0.833. The number of benzene rings is 1. The first-order valence-corrected chi connectivity index (χ1v) is 8.96. The van der Waals surface area contributed by atoms with E-state index >= 15 is 0 Å². The van der Waals surface area contributed by atoms with Crippen LogP contribution < -0.4 is 11.1 Å². The second-order valence-corrected chi connectivity index (χ2v) is 6.34. The van der Waals surface area contributed by atoms with Crippen LogP contribution in [0.5, 0.6) is 0 Å². The largest absolute Gasteiger partial charge is 0.481 e. The molecule has 148 valence electrons. The van der Waals surface area contributed by atoms with E-state index in [1.54, 1.807) is 17.0 Å². The van der Waals surface area contributed by atoms with Gasteiger partial charge in [-0.3, -0.25) is 19.8 Å². The summed E-state index contributed by atoms with van der Waals surface area (Å²) in [6.07, 6.45) is 2.90. The highest BCUT2D eigenvalue weighted by atomic mass is 16.4. The Labute approximate surface area is 159 Å². The lowest BCUT2D eigenvalue weighted by atomic mass is 10.1. The molecule has 2 rings (SSSR count). The number of hydrogen-bond acceptors (Lipinski definition) is 4. The van der Waals surface area contributed by atoms with Crippen LogP contribution >= 0.6 is 0 Å². The van der Waals surface area contributed by atoms with Gasteiger partial charge in [0, 0.05) is 32.0 Å². The van der Waals surface area contributed by atoms with E-state index in [1.807, 2.05) is 19.1 Å². The SMILES string of the molecule is CC(=O)O.CCCC(=O)N1CCC[C@H]1C(=O)NCc1ccc(C(=N)N)cc1. The highest BCUT2D eigenvalue weighted by molar-refractivity contribution is 5.94. The Hall–Kier alpha value is -2.90. The van der Waals surface area contributed by atoms with Crippen LogP contribution in [0.3, 0.4) is 0 Å². The van der Waals surface area contributed by atoms with Crippen molar-refractivity contribution >= 4 is 23.6 Å². The molecule has 0 unspecified atom stereocenters. The third-order valence-electron chi connectivity index (χ3n) is 4.07. The molecule has 8 heteroatoms. The van der Waals surface area contributed by atoms with E-state index in [2.05, 4.69) is 5.32 Å². The first-order valence-electron chi connectivity index (χ1n) is 8.96. The summed E-state index contributed by atoms with van der Waals surface area (Å²) in [5.41, 5.74) is 7.01. The van der Waals surface area contributed by atoms with Gasteiger partial charge in [-0.25, -0.2) is 0 Å². The third-order valence-corrected chi connectivity index (χ3v) is 4.07. The van der Waals surface area contributed by atoms with E-state index in [0.717, 1.165) is 31.7 Å². The van der Waals surface area contributed by atoms with Gasteiger partial charge in [-0.15, -0.1) is 0 Å². The molecular formula is C19H28N4O4. The highest BCUT2D eigenvalue weighted by Crippen LogP contribution is 2.19. The number of nitrogen functional groups attached to an aromatic ring is 1. The number of carboxylic acids is 1. The lowest BCUT2D eigenvalue weighted by molar-refractivity contribution is -0.138. The van der Waals surface area contributed by atoms with Gasteiger partial charge in [-0.2, -0.15) is 0 Å². The van der Waals surface area contributed by atoms with Crippen LogP contribution in [0.2, 0.25) is 0 Å². The summed E-state index contributed by atoms with van der Waals surface area (Å²) in [6, 6.07) is 6.86. The molecule has 0 bridgehead atoms. The molecule has 1 saturated heterocycles. The van der Waals surface area contributed by atoms with E-state index < -0.39 is 5.97 Å². The zero-order valence-corrected chi connectivity index (χ0v) is 15.8. The number of hydrogen-bond donors (Lipinski definition) is 4. The van der Waals surface area contributed by atoms with Gasteiger partial charge in [0.1, 0.15) is 11.9 Å². The molecule has 0 saturated carbocycles. The molecule has 0 aromatic heterocycles. The molecular weight excluding hydrogens is 348 g/mol. The Morgan fingerprint density at radius 2 is 1.89 bits per heavy atom. The van der Waals surface area contributed by atoms with Gasteiger partial charge in [0.05, 0.1) is 0 Å². The summed E-state index contributed by atoms with van der Waals surface area (Å²) >= 11 is 0. The van der Waals surface area contributed by atoms with Gasteiger partial charge in [0.15, 0.2) is 0 Å². The molecule has 27 heavy (non-hydrogen) atoms. The van der Waals surface area contributed by atoms with Crippen LogP contribution in [0.1, 0.15) is 50.7 Å². The van der Waals surface area contributed by atoms with Gasteiger partial charge in [-0.05, 0) is 24.8 Å². The number of carboxylic acid groups (broad SMARTS) is 1. The van der Waals surface area contributed by atoms with Gasteiger partial charge in [0.2, 0.25) is 11.8 Å². The molecule has 1 heterocycles. The quantitative estimate of drug-likeness (QED) is 0.440. The van der Waals surface area contributed by atoms with Gasteiger partial charge < -0.3 is 21.1 Å². The molecule has 0 aliphatic carbocycles. The Bertz CT molecular complexity index is 669. The smallest absolute Gasteiger partial charge is 0.300 e. The molecule has 1 aromatic rings. The normalized spacial score (nSPS) is 15.5. The minimum Gasteiger partial charge on any atom is -0.481 e. The first kappa shape index (κ1) is 22.1. The first-order chi connectivity index (χ1) is 12.8. The van der Waals surface area contributed by atoms with Crippen molar-refractivity contribution in [3.63, 3.8) is 0 Å². The summed E-state index contributed by atoms with van der Waals surface area (Å²) in [5.74, 6) is -0.838. The average Bonchev–Trinajstić information content (AvgIpc) is 3.09. The van der Waals surface area contributed by atoms with E-state index in [4.69, 9.17) is 21.0 Å². The molecule has 8 nitrogen and oxygen atoms in total. The van der Waals surface area contributed by atoms with Crippen molar-refractivity contribution in [2.75, 3.05) is 6.54 Å². The van der Waals surface area contributed by atoms with Crippen molar-refractivity contribution in [3.05, 3.63) is 35.4 Å². The second kappa shape index (κ2) is 10.9. The van der Waals surface area contributed by atoms with Gasteiger partial charge in [-0.1, -0.05) is 31.2 Å². The average molecular weight is 376 g/mol. The number of likely N-dealkylation sites (tertiary alicyclic amines) is 1. The van der Waals surface area contributed by atoms with E-state index in [0.29, 0.717) is 25.1 Å². The number of carbonyl (C=O) groups is 3. The van der Waals surface area contributed by atoms with Crippen molar-refractivity contribution in [3.8, 4) is 0 Å². The Balaban J connectivity index is 0.000000828. The summed E-state index contributed by atoms with van der Waals surface area (Å²) in [5, 5.41) is 17.7. The maximum atomic E-state index is 12.4. The molecule has 0 spiro atoms. The van der Waals surface area contributed by atoms with Crippen LogP contribution in [-0.2, 0) is 20.9 Å². The predicted octanol–water partition coefficient (Wildman–Crippen LogP) is 1.47. The number of carbonyl (C=O) groups excluding carboxylic acids is 2. The number of rotatable bonds is 6. The van der Waals surface area contributed by atoms with E-state index in [1.165, 1.54) is 0 Å². The summed E-state index contributed by atoms with van der Waals surface area (Å²) in [4.78, 5) is 35.1. The zero-order chi connectivity index (χ0) is 20.4. The van der Waals surface area contributed by atoms with E-state index in [9.17, 15) is 9.59 Å². The predicted molar refractivity (Wildman–Crippen MR) is 102 cm³/mol. The molecule has 1 aliphatic heterocycles. The number of amides is 2. The van der Waals surface area contributed by atoms with Crippen molar-refractivity contribution in [2.24, 2.45) is 5.73 Å². The fraction of sp³-hybridized carbons (Fsp3) is 0.474. The molecule has 1 fully saturated rings. The monoisotopic (exact) mass is 376 g/mol. The molecule has 1 atom stereocenters. The number of nitrogens with zero attached hydrogens (tertiary/aromatic N) is 1. The fourth-order valence-electron chi connectivity index (χ4n) is 2.80. The van der Waals surface area contributed by atoms with Crippen LogP contribution in [0.4, 0.5) is 0 Å². The molecule has 2 amide bonds. The number of amidine groups is 1. The van der Waals surface area contributed by atoms with Crippen LogP contribution in [0.25, 0.3) is 0 Å². The Morgan fingerprint density at radius 1 is 1.30 bits per heavy atom. The topological polar surface area (TPSA) is 137 Å². The van der Waals surface area contributed by atoms with Crippen LogP contribution in [0, 0.1) is 5.41 Å². The van der Waals surface area contributed by atoms with Crippen molar-refractivity contribution < 1.29 is 19.5 Å². The lowest BCUT2D eigenvalue weighted by Crippen LogP contribution is -2.45. The summed E-state index contributed by atoms with van der Waals surface area (Å²) in [7, 11) is 0. The van der Waals surface area contributed by atoms with Gasteiger partial charge in [0.25, 0.3) is 5.97 Å². The lowest BCUT2D eigenvalue weighted by Gasteiger charge is -2.24. The molecule has 1 aromatic carbocycles. The fourth-order valence-corrected chi connectivity index (χ4v) is 2.80. The summed E-state index contributed by atoms with van der Waals surface area (Å²) in [6.45, 7) is 4.13. The Morgan fingerprint density at radius 3 is 2.41 bits per heavy atom. The number of nitrogens with one attached hydrogen (secondary N) is 2. The second-order valence-electron chi connectivity index (χ2n) is 6.34. The van der Waals surface area contributed by atoms with E-state index in [-0.39, 0.29) is 23.7 Å². The van der Waals surface area contributed by atoms with Crippen molar-refractivity contribution in [2.45, 2.75) is 52.1 Å². The summed E-state index contributed by atoms with van der Waals surface area (Å²) < 4.78 is 0. The maximum Gasteiger partial charge on any atom is 0.300 e. The van der Waals surface area contributed by atoms with Crippen molar-refractivity contribution in [1.82, 2.24) is 10.2 Å². The maximum absolute atomic E-state index is 12.4. The third kappa shape index (κ3) is 7.47. The Kier molecular flexibility index (Phi) is 8.98. The highest BCUT2D eigenvalue weighted by Gasteiger charge is 2.33.